The van der Waals surface area contributed by atoms with Crippen molar-refractivity contribution in [2.24, 2.45) is 0 Å². The second-order valence-electron chi connectivity index (χ2n) is 3.68. The maximum absolute atomic E-state index is 4.28. The number of hydrogen-bond donors (Lipinski definition) is 1. The lowest BCUT2D eigenvalue weighted by molar-refractivity contribution is 0.936. The summed E-state index contributed by atoms with van der Waals surface area (Å²) in [4.78, 5) is 1.27. The van der Waals surface area contributed by atoms with E-state index < -0.39 is 0 Å². The Bertz CT molecular complexity index is 437. The SMILES string of the molecule is SSc1ccccc1CCc1ccccc1. The van der Waals surface area contributed by atoms with Crippen LogP contribution in [0.2, 0.25) is 0 Å². The Morgan fingerprint density at radius 2 is 1.50 bits per heavy atom. The van der Waals surface area contributed by atoms with E-state index in [-0.39, 0.29) is 0 Å². The van der Waals surface area contributed by atoms with Crippen molar-refractivity contribution in [1.82, 2.24) is 0 Å². The van der Waals surface area contributed by atoms with Crippen molar-refractivity contribution < 1.29 is 0 Å². The first-order valence-electron chi connectivity index (χ1n) is 5.33. The Hall–Kier alpha value is -0.860. The van der Waals surface area contributed by atoms with Crippen LogP contribution in [0.5, 0.6) is 0 Å². The molecule has 0 saturated carbocycles. The van der Waals surface area contributed by atoms with Gasteiger partial charge in [-0.2, -0.15) is 0 Å². The lowest BCUT2D eigenvalue weighted by Gasteiger charge is -2.06. The number of rotatable bonds is 4. The van der Waals surface area contributed by atoms with Crippen molar-refractivity contribution in [3.8, 4) is 0 Å². The first kappa shape index (κ1) is 11.6. The fourth-order valence-corrected chi connectivity index (χ4v) is 2.68. The average molecular weight is 246 g/mol. The van der Waals surface area contributed by atoms with Crippen LogP contribution in [0.3, 0.4) is 0 Å². The minimum Gasteiger partial charge on any atom is -0.106 e. The van der Waals surface area contributed by atoms with Crippen LogP contribution in [0.4, 0.5) is 0 Å². The first-order chi connectivity index (χ1) is 7.90. The van der Waals surface area contributed by atoms with Crippen LogP contribution in [0, 0.1) is 0 Å². The van der Waals surface area contributed by atoms with Gasteiger partial charge in [0.25, 0.3) is 0 Å². The summed E-state index contributed by atoms with van der Waals surface area (Å²) in [5.41, 5.74) is 2.77. The Morgan fingerprint density at radius 1 is 0.812 bits per heavy atom. The number of aryl methyl sites for hydroxylation is 2. The van der Waals surface area contributed by atoms with Gasteiger partial charge in [0.1, 0.15) is 0 Å². The molecular weight excluding hydrogens is 232 g/mol. The van der Waals surface area contributed by atoms with Crippen LogP contribution < -0.4 is 0 Å². The molecule has 16 heavy (non-hydrogen) atoms. The molecule has 0 bridgehead atoms. The minimum atomic E-state index is 1.08. The second kappa shape index (κ2) is 6.02. The molecule has 0 saturated heterocycles. The van der Waals surface area contributed by atoms with E-state index in [9.17, 15) is 0 Å². The highest BCUT2D eigenvalue weighted by Crippen LogP contribution is 2.26. The summed E-state index contributed by atoms with van der Waals surface area (Å²) in [6, 6.07) is 19.1. The van der Waals surface area contributed by atoms with Crippen LogP contribution in [-0.4, -0.2) is 0 Å². The third kappa shape index (κ3) is 3.06. The van der Waals surface area contributed by atoms with Crippen molar-refractivity contribution in [2.45, 2.75) is 17.7 Å². The van der Waals surface area contributed by atoms with E-state index in [1.807, 2.05) is 0 Å². The molecule has 0 spiro atoms. The molecule has 0 fully saturated rings. The fraction of sp³-hybridized carbons (Fsp3) is 0.143. The predicted octanol–water partition coefficient (Wildman–Crippen LogP) is 4.41. The second-order valence-corrected chi connectivity index (χ2v) is 4.85. The van der Waals surface area contributed by atoms with Crippen molar-refractivity contribution in [3.63, 3.8) is 0 Å². The fourth-order valence-electron chi connectivity index (χ4n) is 1.72. The molecule has 0 unspecified atom stereocenters. The Morgan fingerprint density at radius 3 is 2.25 bits per heavy atom. The molecule has 2 heteroatoms. The van der Waals surface area contributed by atoms with Crippen LogP contribution in [0.15, 0.2) is 59.5 Å². The van der Waals surface area contributed by atoms with E-state index >= 15 is 0 Å². The summed E-state index contributed by atoms with van der Waals surface area (Å²) < 4.78 is 0. The zero-order valence-electron chi connectivity index (χ0n) is 8.97. The van der Waals surface area contributed by atoms with E-state index in [1.165, 1.54) is 26.8 Å². The van der Waals surface area contributed by atoms with E-state index in [0.717, 1.165) is 12.8 Å². The Labute approximate surface area is 106 Å². The van der Waals surface area contributed by atoms with Gasteiger partial charge in [-0.25, -0.2) is 0 Å². The number of thiol groups is 1. The number of benzene rings is 2. The van der Waals surface area contributed by atoms with E-state index in [2.05, 4.69) is 66.3 Å². The van der Waals surface area contributed by atoms with Gasteiger partial charge in [0, 0.05) is 4.90 Å². The molecular formula is C14H14S2. The van der Waals surface area contributed by atoms with Gasteiger partial charge in [0.2, 0.25) is 0 Å². The average Bonchev–Trinajstić information content (AvgIpc) is 2.38. The molecule has 0 nitrogen and oxygen atoms in total. The minimum absolute atomic E-state index is 1.08. The molecule has 0 aliphatic heterocycles. The van der Waals surface area contributed by atoms with Gasteiger partial charge in [-0.1, -0.05) is 59.3 Å². The van der Waals surface area contributed by atoms with Crippen LogP contribution in [-0.2, 0) is 12.8 Å². The Balaban J connectivity index is 2.05. The van der Waals surface area contributed by atoms with Crippen LogP contribution >= 0.6 is 22.5 Å². The summed E-state index contributed by atoms with van der Waals surface area (Å²) in [6.07, 6.45) is 2.17. The third-order valence-corrected chi connectivity index (χ3v) is 3.78. The summed E-state index contributed by atoms with van der Waals surface area (Å²) in [5, 5.41) is 0. The molecule has 82 valence electrons. The maximum Gasteiger partial charge on any atom is 0.0212 e. The molecule has 2 aromatic rings. The molecule has 0 radical (unpaired) electrons. The first-order valence-corrected chi connectivity index (χ1v) is 7.20. The lowest BCUT2D eigenvalue weighted by atomic mass is 10.0. The molecule has 0 N–H and O–H groups in total. The highest BCUT2D eigenvalue weighted by molar-refractivity contribution is 8.68. The van der Waals surface area contributed by atoms with Gasteiger partial charge >= 0.3 is 0 Å². The topological polar surface area (TPSA) is 0 Å². The zero-order chi connectivity index (χ0) is 11.2. The van der Waals surface area contributed by atoms with Gasteiger partial charge in [-0.15, -0.1) is 11.7 Å². The molecule has 0 aliphatic rings. The Kier molecular flexibility index (Phi) is 4.37. The molecule has 0 aliphatic carbocycles. The summed E-state index contributed by atoms with van der Waals surface area (Å²) in [5.74, 6) is 0. The van der Waals surface area contributed by atoms with Gasteiger partial charge in [0.05, 0.1) is 0 Å². The molecule has 0 aromatic heterocycles. The zero-order valence-corrected chi connectivity index (χ0v) is 10.7. The van der Waals surface area contributed by atoms with E-state index in [0.29, 0.717) is 0 Å². The normalized spacial score (nSPS) is 10.3. The predicted molar refractivity (Wildman–Crippen MR) is 75.1 cm³/mol. The molecule has 2 aromatic carbocycles. The monoisotopic (exact) mass is 246 g/mol. The summed E-state index contributed by atoms with van der Waals surface area (Å²) in [7, 11) is 1.53. The smallest absolute Gasteiger partial charge is 0.0212 e. The number of hydrogen-bond acceptors (Lipinski definition) is 2. The van der Waals surface area contributed by atoms with Gasteiger partial charge in [0.15, 0.2) is 0 Å². The standard InChI is InChI=1S/C14H14S2/c15-16-14-9-5-4-8-13(14)11-10-12-6-2-1-3-7-12/h1-9,15H,10-11H2. The van der Waals surface area contributed by atoms with Gasteiger partial charge in [-0.05, 0) is 30.0 Å². The van der Waals surface area contributed by atoms with Crippen molar-refractivity contribution in [3.05, 3.63) is 65.7 Å². The van der Waals surface area contributed by atoms with E-state index in [4.69, 9.17) is 0 Å². The summed E-state index contributed by atoms with van der Waals surface area (Å²) in [6.45, 7) is 0. The van der Waals surface area contributed by atoms with Crippen molar-refractivity contribution in [1.29, 1.82) is 0 Å². The highest BCUT2D eigenvalue weighted by Gasteiger charge is 2.01. The molecule has 2 rings (SSSR count). The largest absolute Gasteiger partial charge is 0.106 e. The van der Waals surface area contributed by atoms with Crippen LogP contribution in [0.1, 0.15) is 11.1 Å². The van der Waals surface area contributed by atoms with Crippen LogP contribution in [0.25, 0.3) is 0 Å². The quantitative estimate of drug-likeness (QED) is 0.616. The summed E-state index contributed by atoms with van der Waals surface area (Å²) >= 11 is 4.28. The third-order valence-electron chi connectivity index (χ3n) is 2.60. The lowest BCUT2D eigenvalue weighted by Crippen LogP contribution is -1.92. The van der Waals surface area contributed by atoms with Crippen molar-refractivity contribution >= 4 is 22.5 Å². The maximum atomic E-state index is 4.28. The van der Waals surface area contributed by atoms with Gasteiger partial charge in [-0.3, -0.25) is 0 Å². The highest BCUT2D eigenvalue weighted by atomic mass is 33.1. The van der Waals surface area contributed by atoms with Crippen molar-refractivity contribution in [2.75, 3.05) is 0 Å². The molecule has 0 heterocycles. The van der Waals surface area contributed by atoms with Gasteiger partial charge < -0.3 is 0 Å². The molecule has 0 amide bonds. The molecule has 0 atom stereocenters. The van der Waals surface area contributed by atoms with E-state index in [1.54, 1.807) is 0 Å².